The Bertz CT molecular complexity index is 936. The second-order valence-corrected chi connectivity index (χ2v) is 8.29. The Morgan fingerprint density at radius 2 is 1.96 bits per heavy atom. The van der Waals surface area contributed by atoms with Crippen molar-refractivity contribution in [1.82, 2.24) is 14.8 Å². The zero-order valence-electron chi connectivity index (χ0n) is 15.7. The highest BCUT2D eigenvalue weighted by atomic mass is 79.9. The molecule has 1 heterocycles. The Morgan fingerprint density at radius 1 is 1.14 bits per heavy atom. The number of benzene rings is 2. The van der Waals surface area contributed by atoms with Crippen molar-refractivity contribution in [1.29, 1.82) is 0 Å². The van der Waals surface area contributed by atoms with Gasteiger partial charge in [-0.15, -0.1) is 10.2 Å². The van der Waals surface area contributed by atoms with Crippen LogP contribution in [-0.2, 0) is 17.0 Å². The first-order valence-electron chi connectivity index (χ1n) is 8.76. The third kappa shape index (κ3) is 5.08. The Hall–Kier alpha value is -1.54. The van der Waals surface area contributed by atoms with E-state index in [1.807, 2.05) is 36.4 Å². The maximum atomic E-state index is 6.40. The van der Waals surface area contributed by atoms with Gasteiger partial charge in [-0.05, 0) is 36.8 Å². The Labute approximate surface area is 182 Å². The third-order valence-electron chi connectivity index (χ3n) is 4.16. The summed E-state index contributed by atoms with van der Waals surface area (Å²) in [4.78, 5) is 0. The highest BCUT2D eigenvalue weighted by molar-refractivity contribution is 9.10. The predicted molar refractivity (Wildman–Crippen MR) is 117 cm³/mol. The van der Waals surface area contributed by atoms with Gasteiger partial charge >= 0.3 is 0 Å². The highest BCUT2D eigenvalue weighted by Gasteiger charge is 2.17. The van der Waals surface area contributed by atoms with E-state index < -0.39 is 0 Å². The van der Waals surface area contributed by atoms with Crippen molar-refractivity contribution in [2.75, 3.05) is 20.8 Å². The minimum Gasteiger partial charge on any atom is -0.496 e. The summed E-state index contributed by atoms with van der Waals surface area (Å²) < 4.78 is 13.8. The molecule has 0 aliphatic rings. The van der Waals surface area contributed by atoms with Gasteiger partial charge in [0.05, 0.1) is 12.1 Å². The van der Waals surface area contributed by atoms with E-state index in [-0.39, 0.29) is 0 Å². The number of aromatic nitrogens is 3. The minimum absolute atomic E-state index is 0.660. The first kappa shape index (κ1) is 21.2. The van der Waals surface area contributed by atoms with Gasteiger partial charge in [0.1, 0.15) is 5.75 Å². The molecule has 8 heteroatoms. The molecule has 0 spiro atoms. The first-order valence-corrected chi connectivity index (χ1v) is 10.9. The minimum atomic E-state index is 0.660. The number of hydrogen-bond donors (Lipinski definition) is 0. The van der Waals surface area contributed by atoms with Crippen LogP contribution in [0.25, 0.3) is 11.4 Å². The number of rotatable bonds is 9. The smallest absolute Gasteiger partial charge is 0.191 e. The van der Waals surface area contributed by atoms with E-state index in [9.17, 15) is 0 Å². The van der Waals surface area contributed by atoms with Crippen LogP contribution in [0.3, 0.4) is 0 Å². The summed E-state index contributed by atoms with van der Waals surface area (Å²) in [7, 11) is 3.39. The second-order valence-electron chi connectivity index (χ2n) is 6.03. The molecular weight excluding hydrogens is 462 g/mol. The zero-order valence-corrected chi connectivity index (χ0v) is 18.9. The summed E-state index contributed by atoms with van der Waals surface area (Å²) in [5.74, 6) is 2.34. The lowest BCUT2D eigenvalue weighted by Crippen LogP contribution is -2.05. The molecule has 0 N–H and O–H groups in total. The fraction of sp³-hybridized carbons (Fsp3) is 0.300. The molecule has 0 bridgehead atoms. The van der Waals surface area contributed by atoms with Gasteiger partial charge in [-0.3, -0.25) is 0 Å². The molecule has 0 saturated heterocycles. The molecule has 5 nitrogen and oxygen atoms in total. The van der Waals surface area contributed by atoms with Crippen molar-refractivity contribution < 1.29 is 9.47 Å². The maximum absolute atomic E-state index is 6.40. The monoisotopic (exact) mass is 481 g/mol. The number of ether oxygens (including phenoxy) is 2. The molecule has 2 aromatic carbocycles. The van der Waals surface area contributed by atoms with Crippen LogP contribution >= 0.6 is 39.3 Å². The summed E-state index contributed by atoms with van der Waals surface area (Å²) in [5.41, 5.74) is 1.97. The summed E-state index contributed by atoms with van der Waals surface area (Å²) in [6.07, 6.45) is 0.861. The van der Waals surface area contributed by atoms with Gasteiger partial charge in [0.15, 0.2) is 11.0 Å². The van der Waals surface area contributed by atoms with Gasteiger partial charge in [-0.1, -0.05) is 51.4 Å². The van der Waals surface area contributed by atoms with Crippen molar-refractivity contribution in [2.24, 2.45) is 0 Å². The molecule has 0 radical (unpaired) electrons. The molecule has 28 heavy (non-hydrogen) atoms. The topological polar surface area (TPSA) is 49.2 Å². The summed E-state index contributed by atoms with van der Waals surface area (Å²) in [5, 5.41) is 10.4. The van der Waals surface area contributed by atoms with Crippen LogP contribution in [0.1, 0.15) is 12.0 Å². The number of thioether (sulfide) groups is 1. The predicted octanol–water partition coefficient (Wildman–Crippen LogP) is 5.70. The quantitative estimate of drug-likeness (QED) is 0.289. The van der Waals surface area contributed by atoms with Crippen molar-refractivity contribution in [3.63, 3.8) is 0 Å². The van der Waals surface area contributed by atoms with Crippen molar-refractivity contribution >= 4 is 39.3 Å². The van der Waals surface area contributed by atoms with Crippen molar-refractivity contribution in [3.8, 4) is 17.1 Å². The Kier molecular flexibility index (Phi) is 7.79. The summed E-state index contributed by atoms with van der Waals surface area (Å²) in [6.45, 7) is 1.42. The molecule has 0 atom stereocenters. The number of halogens is 2. The largest absolute Gasteiger partial charge is 0.496 e. The Balaban J connectivity index is 1.88. The second kappa shape index (κ2) is 10.3. The normalized spacial score (nSPS) is 11.0. The molecule has 0 unspecified atom stereocenters. The highest BCUT2D eigenvalue weighted by Crippen LogP contribution is 2.33. The maximum Gasteiger partial charge on any atom is 0.191 e. The third-order valence-corrected chi connectivity index (χ3v) is 6.00. The number of hydrogen-bond acceptors (Lipinski definition) is 5. The first-order chi connectivity index (χ1) is 13.6. The van der Waals surface area contributed by atoms with E-state index in [0.29, 0.717) is 17.4 Å². The van der Waals surface area contributed by atoms with Gasteiger partial charge in [-0.2, -0.15) is 0 Å². The van der Waals surface area contributed by atoms with E-state index in [4.69, 9.17) is 21.1 Å². The molecule has 0 amide bonds. The van der Waals surface area contributed by atoms with Gasteiger partial charge < -0.3 is 14.0 Å². The van der Waals surface area contributed by atoms with Gasteiger partial charge in [0, 0.05) is 41.6 Å². The molecule has 3 rings (SSSR count). The average molecular weight is 483 g/mol. The molecule has 1 aromatic heterocycles. The van der Waals surface area contributed by atoms with Crippen LogP contribution in [0.2, 0.25) is 5.02 Å². The van der Waals surface area contributed by atoms with Crippen molar-refractivity contribution in [3.05, 3.63) is 57.5 Å². The lowest BCUT2D eigenvalue weighted by Gasteiger charge is -2.12. The van der Waals surface area contributed by atoms with Crippen LogP contribution in [0.15, 0.2) is 52.1 Å². The van der Waals surface area contributed by atoms with Crippen molar-refractivity contribution in [2.45, 2.75) is 23.9 Å². The molecule has 0 saturated carbocycles. The number of methoxy groups -OCH3 is 2. The van der Waals surface area contributed by atoms with E-state index in [0.717, 1.165) is 45.3 Å². The zero-order chi connectivity index (χ0) is 19.9. The van der Waals surface area contributed by atoms with E-state index in [1.165, 1.54) is 0 Å². The van der Waals surface area contributed by atoms with Gasteiger partial charge in [0.25, 0.3) is 0 Å². The fourth-order valence-electron chi connectivity index (χ4n) is 2.81. The van der Waals surface area contributed by atoms with E-state index in [2.05, 4.69) is 36.8 Å². The average Bonchev–Trinajstić information content (AvgIpc) is 3.09. The van der Waals surface area contributed by atoms with Crippen LogP contribution in [0.5, 0.6) is 5.75 Å². The van der Waals surface area contributed by atoms with Gasteiger partial charge in [-0.25, -0.2) is 0 Å². The molecular formula is C20H21BrClN3O2S. The SMILES string of the molecule is COCCCn1c(SCc2cc(Br)ccc2OC)nnc1-c1ccccc1Cl. The summed E-state index contributed by atoms with van der Waals surface area (Å²) in [6, 6.07) is 13.7. The lowest BCUT2D eigenvalue weighted by atomic mass is 10.2. The standard InChI is InChI=1S/C20H21BrClN3O2S/c1-26-11-5-10-25-19(16-6-3-4-7-17(16)22)23-24-20(25)28-13-14-12-15(21)8-9-18(14)27-2/h3-4,6-9,12H,5,10-11,13H2,1-2H3. The fourth-order valence-corrected chi connectivity index (χ4v) is 4.38. The van der Waals surface area contributed by atoms with Crippen LogP contribution in [-0.4, -0.2) is 35.6 Å². The van der Waals surface area contributed by atoms with Crippen LogP contribution < -0.4 is 4.74 Å². The molecule has 3 aromatic rings. The molecule has 148 valence electrons. The molecule has 0 fully saturated rings. The van der Waals surface area contributed by atoms with Crippen LogP contribution in [0, 0.1) is 0 Å². The Morgan fingerprint density at radius 3 is 2.71 bits per heavy atom. The van der Waals surface area contributed by atoms with Gasteiger partial charge in [0.2, 0.25) is 0 Å². The summed E-state index contributed by atoms with van der Waals surface area (Å²) >= 11 is 11.5. The van der Waals surface area contributed by atoms with E-state index >= 15 is 0 Å². The lowest BCUT2D eigenvalue weighted by molar-refractivity contribution is 0.189. The molecule has 0 aliphatic carbocycles. The number of nitrogens with zero attached hydrogens (tertiary/aromatic N) is 3. The van der Waals surface area contributed by atoms with Crippen LogP contribution in [0.4, 0.5) is 0 Å². The van der Waals surface area contributed by atoms with E-state index in [1.54, 1.807) is 26.0 Å². The molecule has 0 aliphatic heterocycles.